The Hall–Kier alpha value is -2.44. The third-order valence-electron chi connectivity index (χ3n) is 5.80. The average Bonchev–Trinajstić information content (AvgIpc) is 2.77. The third-order valence-corrected chi connectivity index (χ3v) is 5.80. The van der Waals surface area contributed by atoms with Gasteiger partial charge in [-0.25, -0.2) is 0 Å². The third kappa shape index (κ3) is 5.55. The maximum atomic E-state index is 11.8. The van der Waals surface area contributed by atoms with Gasteiger partial charge in [-0.3, -0.25) is 9.78 Å². The molecule has 1 unspecified atom stereocenters. The molecule has 1 aromatic heterocycles. The highest BCUT2D eigenvalue weighted by molar-refractivity contribution is 5.73. The fraction of sp³-hybridized carbons (Fsp3) is 0.478. The van der Waals surface area contributed by atoms with Crippen molar-refractivity contribution in [3.05, 3.63) is 59.9 Å². The van der Waals surface area contributed by atoms with Gasteiger partial charge in [-0.15, -0.1) is 0 Å². The van der Waals surface area contributed by atoms with E-state index in [4.69, 9.17) is 4.74 Å². The molecular formula is C23H32N4O2. The van der Waals surface area contributed by atoms with E-state index in [1.54, 1.807) is 26.4 Å². The van der Waals surface area contributed by atoms with Crippen LogP contribution in [0.5, 0.6) is 5.75 Å². The summed E-state index contributed by atoms with van der Waals surface area (Å²) in [5.41, 5.74) is 1.63. The smallest absolute Gasteiger partial charge is 0.216 e. The molecule has 2 aromatic rings. The molecule has 0 radical (unpaired) electrons. The van der Waals surface area contributed by atoms with E-state index in [1.807, 2.05) is 24.3 Å². The number of pyridine rings is 1. The van der Waals surface area contributed by atoms with Crippen LogP contribution in [0, 0.1) is 5.92 Å². The van der Waals surface area contributed by atoms with Crippen molar-refractivity contribution in [2.24, 2.45) is 5.92 Å². The summed E-state index contributed by atoms with van der Waals surface area (Å²) >= 11 is 0. The molecule has 1 aromatic carbocycles. The highest BCUT2D eigenvalue weighted by Crippen LogP contribution is 2.31. The molecule has 1 amide bonds. The number of carbonyl (C=O) groups excluding carboxylic acids is 1. The highest BCUT2D eigenvalue weighted by atomic mass is 16.5. The molecule has 0 spiro atoms. The van der Waals surface area contributed by atoms with Crippen LogP contribution in [0.1, 0.15) is 37.3 Å². The number of methoxy groups -OCH3 is 1. The maximum absolute atomic E-state index is 11.8. The van der Waals surface area contributed by atoms with E-state index in [1.165, 1.54) is 12.8 Å². The SMILES string of the molecule is COc1ccc(C(CNC(C)=O)(NCCC2CCNCC2)c2ccncc2)cc1. The number of hydrogen-bond acceptors (Lipinski definition) is 5. The predicted molar refractivity (Wildman–Crippen MR) is 115 cm³/mol. The lowest BCUT2D eigenvalue weighted by Crippen LogP contribution is -2.52. The van der Waals surface area contributed by atoms with E-state index < -0.39 is 5.54 Å². The Labute approximate surface area is 173 Å². The van der Waals surface area contributed by atoms with Gasteiger partial charge in [-0.2, -0.15) is 0 Å². The van der Waals surface area contributed by atoms with Gasteiger partial charge in [0.25, 0.3) is 0 Å². The largest absolute Gasteiger partial charge is 0.497 e. The lowest BCUT2D eigenvalue weighted by Gasteiger charge is -2.37. The van der Waals surface area contributed by atoms with Crippen molar-refractivity contribution >= 4 is 5.91 Å². The van der Waals surface area contributed by atoms with Crippen molar-refractivity contribution in [1.29, 1.82) is 0 Å². The average molecular weight is 397 g/mol. The zero-order valence-corrected chi connectivity index (χ0v) is 17.4. The summed E-state index contributed by atoms with van der Waals surface area (Å²) in [6.07, 6.45) is 7.16. The molecule has 1 fully saturated rings. The Morgan fingerprint density at radius 2 is 1.79 bits per heavy atom. The van der Waals surface area contributed by atoms with E-state index in [2.05, 4.69) is 33.1 Å². The van der Waals surface area contributed by atoms with Crippen molar-refractivity contribution in [1.82, 2.24) is 20.9 Å². The number of benzene rings is 1. The number of rotatable bonds is 9. The summed E-state index contributed by atoms with van der Waals surface area (Å²) in [5, 5.41) is 10.3. The second-order valence-corrected chi connectivity index (χ2v) is 7.69. The van der Waals surface area contributed by atoms with E-state index in [0.717, 1.165) is 48.8 Å². The number of nitrogens with zero attached hydrogens (tertiary/aromatic N) is 1. The molecule has 3 rings (SSSR count). The summed E-state index contributed by atoms with van der Waals surface area (Å²) in [7, 11) is 1.67. The Morgan fingerprint density at radius 1 is 1.14 bits per heavy atom. The van der Waals surface area contributed by atoms with Gasteiger partial charge in [-0.1, -0.05) is 12.1 Å². The molecule has 1 aliphatic heterocycles. The number of amides is 1. The fourth-order valence-corrected chi connectivity index (χ4v) is 4.07. The van der Waals surface area contributed by atoms with Crippen LogP contribution in [0.2, 0.25) is 0 Å². The Morgan fingerprint density at radius 3 is 2.41 bits per heavy atom. The lowest BCUT2D eigenvalue weighted by atomic mass is 9.82. The number of ether oxygens (including phenoxy) is 1. The normalized spacial score (nSPS) is 16.8. The molecule has 6 nitrogen and oxygen atoms in total. The van der Waals surface area contributed by atoms with Gasteiger partial charge >= 0.3 is 0 Å². The number of hydrogen-bond donors (Lipinski definition) is 3. The fourth-order valence-electron chi connectivity index (χ4n) is 4.07. The number of nitrogens with one attached hydrogen (secondary N) is 3. The summed E-state index contributed by atoms with van der Waals surface area (Å²) in [4.78, 5) is 16.0. The summed E-state index contributed by atoms with van der Waals surface area (Å²) < 4.78 is 5.34. The Balaban J connectivity index is 1.90. The van der Waals surface area contributed by atoms with Gasteiger partial charge in [0.15, 0.2) is 0 Å². The molecular weight excluding hydrogens is 364 g/mol. The van der Waals surface area contributed by atoms with Crippen molar-refractivity contribution < 1.29 is 9.53 Å². The monoisotopic (exact) mass is 396 g/mol. The topological polar surface area (TPSA) is 75.3 Å². The van der Waals surface area contributed by atoms with Crippen molar-refractivity contribution in [2.45, 2.75) is 31.7 Å². The van der Waals surface area contributed by atoms with Crippen LogP contribution >= 0.6 is 0 Å². The second kappa shape index (κ2) is 10.4. The van der Waals surface area contributed by atoms with E-state index in [-0.39, 0.29) is 5.91 Å². The first-order valence-corrected chi connectivity index (χ1v) is 10.4. The minimum Gasteiger partial charge on any atom is -0.497 e. The molecule has 29 heavy (non-hydrogen) atoms. The molecule has 1 aliphatic rings. The van der Waals surface area contributed by atoms with Crippen LogP contribution in [-0.4, -0.2) is 44.2 Å². The molecule has 3 N–H and O–H groups in total. The van der Waals surface area contributed by atoms with Gasteiger partial charge in [0.1, 0.15) is 5.75 Å². The van der Waals surface area contributed by atoms with Gasteiger partial charge in [0, 0.05) is 25.9 Å². The van der Waals surface area contributed by atoms with E-state index in [9.17, 15) is 4.79 Å². The molecule has 6 heteroatoms. The van der Waals surface area contributed by atoms with Gasteiger partial charge < -0.3 is 20.7 Å². The van der Waals surface area contributed by atoms with Gasteiger partial charge in [0.05, 0.1) is 12.6 Å². The van der Waals surface area contributed by atoms with Crippen LogP contribution in [0.25, 0.3) is 0 Å². The zero-order valence-electron chi connectivity index (χ0n) is 17.4. The molecule has 156 valence electrons. The quantitative estimate of drug-likeness (QED) is 0.607. The lowest BCUT2D eigenvalue weighted by molar-refractivity contribution is -0.119. The van der Waals surface area contributed by atoms with Crippen LogP contribution in [0.4, 0.5) is 0 Å². The minimum absolute atomic E-state index is 0.0444. The Bertz CT molecular complexity index is 760. The first kappa shape index (κ1) is 21.3. The predicted octanol–water partition coefficient (Wildman–Crippen LogP) is 2.45. The standard InChI is InChI=1S/C23H32N4O2/c1-18(28)26-17-23(21-10-14-25-15-11-21,20-3-5-22(29-2)6-4-20)27-16-9-19-7-12-24-13-8-19/h3-6,10-11,14-15,19,24,27H,7-9,12-13,16-17H2,1-2H3,(H,26,28). The van der Waals surface area contributed by atoms with Crippen molar-refractivity contribution in [3.8, 4) is 5.75 Å². The van der Waals surface area contributed by atoms with Gasteiger partial charge in [0.2, 0.25) is 5.91 Å². The minimum atomic E-state index is -0.534. The van der Waals surface area contributed by atoms with Crippen LogP contribution in [0.3, 0.4) is 0 Å². The molecule has 2 heterocycles. The number of carbonyl (C=O) groups is 1. The molecule has 0 bridgehead atoms. The first-order valence-electron chi connectivity index (χ1n) is 10.4. The van der Waals surface area contributed by atoms with Crippen molar-refractivity contribution in [3.63, 3.8) is 0 Å². The summed E-state index contributed by atoms with van der Waals surface area (Å²) in [6.45, 7) is 5.10. The summed E-state index contributed by atoms with van der Waals surface area (Å²) in [6, 6.07) is 12.1. The Kier molecular flexibility index (Phi) is 7.61. The molecule has 0 saturated carbocycles. The number of piperidine rings is 1. The molecule has 0 aliphatic carbocycles. The van der Waals surface area contributed by atoms with Gasteiger partial charge in [-0.05, 0) is 80.2 Å². The maximum Gasteiger partial charge on any atom is 0.216 e. The molecule has 1 atom stereocenters. The van der Waals surface area contributed by atoms with Crippen LogP contribution < -0.4 is 20.7 Å². The van der Waals surface area contributed by atoms with E-state index >= 15 is 0 Å². The van der Waals surface area contributed by atoms with Crippen LogP contribution in [-0.2, 0) is 10.3 Å². The summed E-state index contributed by atoms with van der Waals surface area (Å²) in [5.74, 6) is 1.50. The zero-order chi connectivity index (χ0) is 20.5. The van der Waals surface area contributed by atoms with E-state index in [0.29, 0.717) is 6.54 Å². The first-order chi connectivity index (χ1) is 14.1. The van der Waals surface area contributed by atoms with Crippen LogP contribution in [0.15, 0.2) is 48.8 Å². The number of aromatic nitrogens is 1. The van der Waals surface area contributed by atoms with Crippen molar-refractivity contribution in [2.75, 3.05) is 33.3 Å². The highest BCUT2D eigenvalue weighted by Gasteiger charge is 2.34. The molecule has 1 saturated heterocycles. The second-order valence-electron chi connectivity index (χ2n) is 7.69.